The Hall–Kier alpha value is -1.39. The van der Waals surface area contributed by atoms with Gasteiger partial charge in [-0.25, -0.2) is 4.89 Å². The zero-order valence-corrected chi connectivity index (χ0v) is 19.3. The Bertz CT molecular complexity index is 516. The maximum absolute atomic E-state index is 12.0. The fourth-order valence-electron chi connectivity index (χ4n) is 3.82. The van der Waals surface area contributed by atoms with E-state index in [4.69, 9.17) is 5.26 Å². The Kier molecular flexibility index (Phi) is 17.4. The predicted molar refractivity (Wildman–Crippen MR) is 127 cm³/mol. The van der Waals surface area contributed by atoms with Crippen LogP contribution in [0.5, 0.6) is 0 Å². The first kappa shape index (κ1) is 26.6. The lowest BCUT2D eigenvalue weighted by atomic mass is 10.0. The highest BCUT2D eigenvalue weighted by Gasteiger charge is 2.03. The normalized spacial score (nSPS) is 11.0. The van der Waals surface area contributed by atoms with Crippen LogP contribution in [0.15, 0.2) is 24.3 Å². The van der Waals surface area contributed by atoms with Crippen molar-refractivity contribution in [3.63, 3.8) is 0 Å². The van der Waals surface area contributed by atoms with Gasteiger partial charge in [0.05, 0.1) is 0 Å². The molecular weight excluding hydrogens is 374 g/mol. The molecular formula is C26H45NO3. The molecule has 0 heterocycles. The summed E-state index contributed by atoms with van der Waals surface area (Å²) in [5, 5.41) is 11.4. The van der Waals surface area contributed by atoms with Gasteiger partial charge in [-0.2, -0.15) is 0 Å². The number of amides is 1. The second-order valence-corrected chi connectivity index (χ2v) is 8.57. The van der Waals surface area contributed by atoms with Crippen LogP contribution in [-0.4, -0.2) is 11.2 Å². The van der Waals surface area contributed by atoms with Gasteiger partial charge >= 0.3 is 0 Å². The van der Waals surface area contributed by atoms with Crippen molar-refractivity contribution in [3.8, 4) is 0 Å². The van der Waals surface area contributed by atoms with E-state index in [1.807, 2.05) is 24.3 Å². The summed E-state index contributed by atoms with van der Waals surface area (Å²) in [6.07, 6.45) is 22.0. The molecule has 4 heteroatoms. The Morgan fingerprint density at radius 1 is 0.733 bits per heavy atom. The van der Waals surface area contributed by atoms with Crippen molar-refractivity contribution in [1.82, 2.24) is 0 Å². The van der Waals surface area contributed by atoms with E-state index in [0.29, 0.717) is 6.42 Å². The first-order valence-corrected chi connectivity index (χ1v) is 12.4. The van der Waals surface area contributed by atoms with Gasteiger partial charge in [0.1, 0.15) is 6.61 Å². The first-order chi connectivity index (χ1) is 14.8. The number of rotatable bonds is 20. The minimum Gasteiger partial charge on any atom is -0.326 e. The second kappa shape index (κ2) is 19.6. The molecule has 0 aliphatic rings. The molecule has 0 fully saturated rings. The van der Waals surface area contributed by atoms with Gasteiger partial charge in [0.15, 0.2) is 0 Å². The lowest BCUT2D eigenvalue weighted by Gasteiger charge is -2.06. The Morgan fingerprint density at radius 3 is 1.60 bits per heavy atom. The van der Waals surface area contributed by atoms with E-state index in [2.05, 4.69) is 17.1 Å². The van der Waals surface area contributed by atoms with E-state index < -0.39 is 0 Å². The Balaban J connectivity index is 1.84. The number of unbranched alkanes of at least 4 members (excludes halogenated alkanes) is 15. The van der Waals surface area contributed by atoms with Gasteiger partial charge < -0.3 is 5.32 Å². The molecule has 0 atom stereocenters. The van der Waals surface area contributed by atoms with E-state index in [1.165, 1.54) is 89.9 Å². The van der Waals surface area contributed by atoms with Crippen LogP contribution < -0.4 is 5.32 Å². The summed E-state index contributed by atoms with van der Waals surface area (Å²) in [6, 6.07) is 7.33. The fraction of sp³-hybridized carbons (Fsp3) is 0.731. The Morgan fingerprint density at radius 2 is 1.17 bits per heavy atom. The van der Waals surface area contributed by atoms with Crippen LogP contribution in [0.3, 0.4) is 0 Å². The van der Waals surface area contributed by atoms with Crippen molar-refractivity contribution in [2.24, 2.45) is 0 Å². The minimum absolute atomic E-state index is 0.0755. The average Bonchev–Trinajstić information content (AvgIpc) is 2.75. The summed E-state index contributed by atoms with van der Waals surface area (Å²) in [5.41, 5.74) is 1.66. The fourth-order valence-corrected chi connectivity index (χ4v) is 3.82. The largest absolute Gasteiger partial charge is 0.326 e. The number of carbonyl (C=O) groups excluding carboxylic acids is 1. The van der Waals surface area contributed by atoms with E-state index in [1.54, 1.807) is 0 Å². The maximum Gasteiger partial charge on any atom is 0.224 e. The van der Waals surface area contributed by atoms with Crippen molar-refractivity contribution < 1.29 is 14.9 Å². The summed E-state index contributed by atoms with van der Waals surface area (Å²) < 4.78 is 0. The summed E-state index contributed by atoms with van der Waals surface area (Å²) >= 11 is 0. The molecule has 4 nitrogen and oxygen atoms in total. The minimum atomic E-state index is 0.0755. The van der Waals surface area contributed by atoms with Crippen molar-refractivity contribution in [2.75, 3.05) is 5.32 Å². The predicted octanol–water partition coefficient (Wildman–Crippen LogP) is 8.27. The molecule has 0 radical (unpaired) electrons. The highest BCUT2D eigenvalue weighted by Crippen LogP contribution is 2.15. The third kappa shape index (κ3) is 15.4. The number of anilines is 1. The van der Waals surface area contributed by atoms with Gasteiger partial charge in [-0.1, -0.05) is 115 Å². The van der Waals surface area contributed by atoms with Crippen molar-refractivity contribution >= 4 is 11.6 Å². The van der Waals surface area contributed by atoms with E-state index in [-0.39, 0.29) is 12.5 Å². The molecule has 0 aliphatic carbocycles. The van der Waals surface area contributed by atoms with Gasteiger partial charge in [-0.3, -0.25) is 10.1 Å². The molecule has 2 N–H and O–H groups in total. The molecule has 1 aromatic carbocycles. The molecule has 1 amide bonds. The number of benzene rings is 1. The number of nitrogens with one attached hydrogen (secondary N) is 1. The van der Waals surface area contributed by atoms with Gasteiger partial charge in [0, 0.05) is 12.1 Å². The highest BCUT2D eigenvalue weighted by atomic mass is 17.1. The molecule has 1 aromatic rings. The van der Waals surface area contributed by atoms with Gasteiger partial charge in [-0.15, -0.1) is 0 Å². The molecule has 172 valence electrons. The highest BCUT2D eigenvalue weighted by molar-refractivity contribution is 5.90. The van der Waals surface area contributed by atoms with Crippen LogP contribution in [0.25, 0.3) is 0 Å². The van der Waals surface area contributed by atoms with E-state index >= 15 is 0 Å². The van der Waals surface area contributed by atoms with Gasteiger partial charge in [0.25, 0.3) is 0 Å². The third-order valence-corrected chi connectivity index (χ3v) is 5.73. The summed E-state index contributed by atoms with van der Waals surface area (Å²) in [4.78, 5) is 16.1. The smallest absolute Gasteiger partial charge is 0.224 e. The number of hydrogen-bond acceptors (Lipinski definition) is 3. The first-order valence-electron chi connectivity index (χ1n) is 12.4. The van der Waals surface area contributed by atoms with Crippen LogP contribution in [0.4, 0.5) is 5.69 Å². The van der Waals surface area contributed by atoms with Crippen molar-refractivity contribution in [3.05, 3.63) is 29.8 Å². The lowest BCUT2D eigenvalue weighted by Crippen LogP contribution is -2.11. The standard InChI is InChI=1S/C26H45NO3/c1-2-3-4-5-6-7-8-9-10-11-12-13-14-15-16-17-18-26(28)27-25-21-19-24(20-22-25)23-30-29/h19-22,29H,2-18,23H2,1H3,(H,27,28). The molecule has 0 spiro atoms. The van der Waals surface area contributed by atoms with Crippen LogP contribution in [0, 0.1) is 0 Å². The second-order valence-electron chi connectivity index (χ2n) is 8.57. The Labute approximate surface area is 184 Å². The third-order valence-electron chi connectivity index (χ3n) is 5.73. The molecule has 0 aliphatic heterocycles. The zero-order chi connectivity index (χ0) is 21.7. The number of hydrogen-bond donors (Lipinski definition) is 2. The van der Waals surface area contributed by atoms with E-state index in [9.17, 15) is 4.79 Å². The monoisotopic (exact) mass is 419 g/mol. The van der Waals surface area contributed by atoms with Crippen LogP contribution in [0.2, 0.25) is 0 Å². The molecule has 0 aromatic heterocycles. The van der Waals surface area contributed by atoms with Crippen LogP contribution in [0.1, 0.15) is 122 Å². The lowest BCUT2D eigenvalue weighted by molar-refractivity contribution is -0.253. The summed E-state index contributed by atoms with van der Waals surface area (Å²) in [7, 11) is 0. The molecule has 1 rings (SSSR count). The molecule has 0 unspecified atom stereocenters. The van der Waals surface area contributed by atoms with Crippen LogP contribution in [-0.2, 0) is 16.3 Å². The van der Waals surface area contributed by atoms with Gasteiger partial charge in [0.2, 0.25) is 5.91 Å². The zero-order valence-electron chi connectivity index (χ0n) is 19.3. The molecule has 0 bridgehead atoms. The van der Waals surface area contributed by atoms with Crippen molar-refractivity contribution in [2.45, 2.75) is 123 Å². The quantitative estimate of drug-likeness (QED) is 0.127. The molecule has 30 heavy (non-hydrogen) atoms. The summed E-state index contributed by atoms with van der Waals surface area (Å²) in [6.45, 7) is 2.44. The maximum atomic E-state index is 12.0. The molecule has 0 saturated heterocycles. The van der Waals surface area contributed by atoms with Gasteiger partial charge in [-0.05, 0) is 24.1 Å². The average molecular weight is 420 g/mol. The van der Waals surface area contributed by atoms with E-state index in [0.717, 1.165) is 24.1 Å². The summed E-state index contributed by atoms with van der Waals surface area (Å²) in [5.74, 6) is 0.0755. The van der Waals surface area contributed by atoms with Crippen LogP contribution >= 0.6 is 0 Å². The number of carbonyl (C=O) groups is 1. The van der Waals surface area contributed by atoms with Crippen molar-refractivity contribution in [1.29, 1.82) is 0 Å². The topological polar surface area (TPSA) is 58.6 Å². The molecule has 0 saturated carbocycles. The SMILES string of the molecule is CCCCCCCCCCCCCCCCCCC(=O)Nc1ccc(COO)cc1.